The van der Waals surface area contributed by atoms with Crippen LogP contribution >= 0.6 is 0 Å². The Morgan fingerprint density at radius 1 is 1.10 bits per heavy atom. The lowest BCUT2D eigenvalue weighted by atomic mass is 10.0. The van der Waals surface area contributed by atoms with Gasteiger partial charge < -0.3 is 14.7 Å². The molecular formula is C16H23N3O. The molecular weight excluding hydrogens is 250 g/mol. The fourth-order valence-electron chi connectivity index (χ4n) is 3.25. The standard InChI is InChI=1S/C16H23N3O/c1-13(20)18-8-10-19(11-9-18)15-5-6-16-14(12-15)4-3-7-17(16)2/h5-6,12H,3-4,7-11H2,1-2H3. The van der Waals surface area contributed by atoms with Crippen molar-refractivity contribution < 1.29 is 4.79 Å². The SMILES string of the molecule is CC(=O)N1CCN(c2ccc3c(c2)CCCN3C)CC1. The van der Waals surface area contributed by atoms with Crippen molar-refractivity contribution in [1.82, 2.24) is 4.90 Å². The maximum Gasteiger partial charge on any atom is 0.219 e. The highest BCUT2D eigenvalue weighted by molar-refractivity contribution is 5.73. The van der Waals surface area contributed by atoms with E-state index in [9.17, 15) is 4.79 Å². The van der Waals surface area contributed by atoms with Crippen LogP contribution in [0.1, 0.15) is 18.9 Å². The number of aryl methyl sites for hydroxylation is 1. The second kappa shape index (κ2) is 5.35. The smallest absolute Gasteiger partial charge is 0.219 e. The summed E-state index contributed by atoms with van der Waals surface area (Å²) >= 11 is 0. The Hall–Kier alpha value is -1.71. The summed E-state index contributed by atoms with van der Waals surface area (Å²) in [5.41, 5.74) is 4.15. The summed E-state index contributed by atoms with van der Waals surface area (Å²) < 4.78 is 0. The molecule has 0 atom stereocenters. The Morgan fingerprint density at radius 3 is 2.55 bits per heavy atom. The average molecular weight is 273 g/mol. The molecule has 0 N–H and O–H groups in total. The van der Waals surface area contributed by atoms with Gasteiger partial charge in [0.25, 0.3) is 0 Å². The zero-order chi connectivity index (χ0) is 14.1. The Bertz CT molecular complexity index is 506. The highest BCUT2D eigenvalue weighted by Gasteiger charge is 2.20. The normalized spacial score (nSPS) is 19.0. The minimum atomic E-state index is 0.191. The first kappa shape index (κ1) is 13.3. The third-order valence-corrected chi connectivity index (χ3v) is 4.50. The van der Waals surface area contributed by atoms with E-state index < -0.39 is 0 Å². The van der Waals surface area contributed by atoms with Crippen LogP contribution in [0.25, 0.3) is 0 Å². The number of amides is 1. The Labute approximate surface area is 121 Å². The first-order valence-corrected chi connectivity index (χ1v) is 7.49. The van der Waals surface area contributed by atoms with Gasteiger partial charge in [0, 0.05) is 58.1 Å². The maximum atomic E-state index is 11.4. The van der Waals surface area contributed by atoms with Crippen molar-refractivity contribution in [2.45, 2.75) is 19.8 Å². The second-order valence-corrected chi connectivity index (χ2v) is 5.83. The molecule has 4 heteroatoms. The van der Waals surface area contributed by atoms with E-state index in [0.29, 0.717) is 0 Å². The zero-order valence-corrected chi connectivity index (χ0v) is 12.4. The molecule has 0 aliphatic carbocycles. The van der Waals surface area contributed by atoms with E-state index in [1.165, 1.54) is 29.8 Å². The predicted molar refractivity (Wildman–Crippen MR) is 82.5 cm³/mol. The van der Waals surface area contributed by atoms with Crippen LogP contribution in [0.4, 0.5) is 11.4 Å². The highest BCUT2D eigenvalue weighted by Crippen LogP contribution is 2.30. The number of hydrogen-bond donors (Lipinski definition) is 0. The van der Waals surface area contributed by atoms with Gasteiger partial charge in [-0.1, -0.05) is 0 Å². The van der Waals surface area contributed by atoms with E-state index in [0.717, 1.165) is 32.7 Å². The Kier molecular flexibility index (Phi) is 3.55. The van der Waals surface area contributed by atoms with Gasteiger partial charge in [0.15, 0.2) is 0 Å². The van der Waals surface area contributed by atoms with Gasteiger partial charge in [0.05, 0.1) is 0 Å². The molecule has 0 spiro atoms. The van der Waals surface area contributed by atoms with E-state index >= 15 is 0 Å². The third kappa shape index (κ3) is 2.47. The number of carbonyl (C=O) groups is 1. The molecule has 2 heterocycles. The summed E-state index contributed by atoms with van der Waals surface area (Å²) in [7, 11) is 2.17. The molecule has 20 heavy (non-hydrogen) atoms. The Morgan fingerprint density at radius 2 is 1.85 bits per heavy atom. The Balaban J connectivity index is 1.74. The lowest BCUT2D eigenvalue weighted by molar-refractivity contribution is -0.129. The topological polar surface area (TPSA) is 26.8 Å². The molecule has 0 unspecified atom stereocenters. The van der Waals surface area contributed by atoms with Crippen LogP contribution < -0.4 is 9.80 Å². The van der Waals surface area contributed by atoms with Gasteiger partial charge >= 0.3 is 0 Å². The van der Waals surface area contributed by atoms with Gasteiger partial charge in [-0.3, -0.25) is 4.79 Å². The molecule has 1 saturated heterocycles. The summed E-state index contributed by atoms with van der Waals surface area (Å²) in [6, 6.07) is 6.82. The van der Waals surface area contributed by atoms with Gasteiger partial charge in [-0.2, -0.15) is 0 Å². The highest BCUT2D eigenvalue weighted by atomic mass is 16.2. The van der Waals surface area contributed by atoms with Gasteiger partial charge in [0.1, 0.15) is 0 Å². The molecule has 2 aliphatic heterocycles. The second-order valence-electron chi connectivity index (χ2n) is 5.83. The average Bonchev–Trinajstić information content (AvgIpc) is 2.47. The van der Waals surface area contributed by atoms with Crippen LogP contribution in [-0.2, 0) is 11.2 Å². The molecule has 1 aromatic carbocycles. The third-order valence-electron chi connectivity index (χ3n) is 4.50. The molecule has 0 bridgehead atoms. The van der Waals surface area contributed by atoms with Crippen molar-refractivity contribution >= 4 is 17.3 Å². The molecule has 3 rings (SSSR count). The summed E-state index contributed by atoms with van der Waals surface area (Å²) in [6.07, 6.45) is 2.42. The fraction of sp³-hybridized carbons (Fsp3) is 0.562. The van der Waals surface area contributed by atoms with Crippen LogP contribution in [0, 0.1) is 0 Å². The van der Waals surface area contributed by atoms with Crippen LogP contribution in [-0.4, -0.2) is 50.6 Å². The van der Waals surface area contributed by atoms with Gasteiger partial charge in [0.2, 0.25) is 5.91 Å². The maximum absolute atomic E-state index is 11.4. The molecule has 0 radical (unpaired) electrons. The minimum Gasteiger partial charge on any atom is -0.374 e. The van der Waals surface area contributed by atoms with Crippen LogP contribution in [0.15, 0.2) is 18.2 Å². The first-order chi connectivity index (χ1) is 9.65. The summed E-state index contributed by atoms with van der Waals surface area (Å²) in [5.74, 6) is 0.191. The van der Waals surface area contributed by atoms with Crippen molar-refractivity contribution in [2.75, 3.05) is 49.6 Å². The van der Waals surface area contributed by atoms with Crippen molar-refractivity contribution in [3.63, 3.8) is 0 Å². The van der Waals surface area contributed by atoms with Crippen molar-refractivity contribution in [2.24, 2.45) is 0 Å². The molecule has 1 amide bonds. The number of rotatable bonds is 1. The van der Waals surface area contributed by atoms with Crippen molar-refractivity contribution in [3.05, 3.63) is 23.8 Å². The van der Waals surface area contributed by atoms with Crippen LogP contribution in [0.5, 0.6) is 0 Å². The van der Waals surface area contributed by atoms with E-state index in [-0.39, 0.29) is 5.91 Å². The molecule has 0 saturated carbocycles. The number of benzene rings is 1. The number of nitrogens with zero attached hydrogens (tertiary/aromatic N) is 3. The summed E-state index contributed by atoms with van der Waals surface area (Å²) in [6.45, 7) is 6.37. The number of carbonyl (C=O) groups excluding carboxylic acids is 1. The summed E-state index contributed by atoms with van der Waals surface area (Å²) in [4.78, 5) is 18.0. The molecule has 4 nitrogen and oxygen atoms in total. The first-order valence-electron chi connectivity index (χ1n) is 7.49. The van der Waals surface area contributed by atoms with Crippen LogP contribution in [0.2, 0.25) is 0 Å². The molecule has 1 aromatic rings. The van der Waals surface area contributed by atoms with Crippen molar-refractivity contribution in [3.8, 4) is 0 Å². The molecule has 2 aliphatic rings. The van der Waals surface area contributed by atoms with Gasteiger partial charge in [-0.05, 0) is 36.6 Å². The number of anilines is 2. The van der Waals surface area contributed by atoms with E-state index in [1.54, 1.807) is 6.92 Å². The predicted octanol–water partition coefficient (Wildman–Crippen LogP) is 1.74. The quantitative estimate of drug-likeness (QED) is 0.780. The lowest BCUT2D eigenvalue weighted by Crippen LogP contribution is -2.48. The van der Waals surface area contributed by atoms with Crippen LogP contribution in [0.3, 0.4) is 0 Å². The van der Waals surface area contributed by atoms with E-state index in [2.05, 4.69) is 35.0 Å². The molecule has 0 aromatic heterocycles. The summed E-state index contributed by atoms with van der Waals surface area (Å²) in [5, 5.41) is 0. The lowest BCUT2D eigenvalue weighted by Gasteiger charge is -2.36. The molecule has 108 valence electrons. The fourth-order valence-corrected chi connectivity index (χ4v) is 3.25. The zero-order valence-electron chi connectivity index (χ0n) is 12.4. The monoisotopic (exact) mass is 273 g/mol. The number of piperazine rings is 1. The van der Waals surface area contributed by atoms with Gasteiger partial charge in [-0.25, -0.2) is 0 Å². The number of hydrogen-bond acceptors (Lipinski definition) is 3. The largest absolute Gasteiger partial charge is 0.374 e. The van der Waals surface area contributed by atoms with Gasteiger partial charge in [-0.15, -0.1) is 0 Å². The minimum absolute atomic E-state index is 0.191. The number of fused-ring (bicyclic) bond motifs is 1. The molecule has 1 fully saturated rings. The van der Waals surface area contributed by atoms with E-state index in [4.69, 9.17) is 0 Å². The van der Waals surface area contributed by atoms with E-state index in [1.807, 2.05) is 4.90 Å². The van der Waals surface area contributed by atoms with Crippen molar-refractivity contribution in [1.29, 1.82) is 0 Å².